The molecule has 0 saturated carbocycles. The van der Waals surface area contributed by atoms with Crippen LogP contribution in [0.1, 0.15) is 50.0 Å². The molecule has 0 aliphatic carbocycles. The molecular weight excluding hydrogens is 448 g/mol. The van der Waals surface area contributed by atoms with Crippen LogP contribution in [-0.4, -0.2) is 36.8 Å². The number of sulfonamides is 1. The van der Waals surface area contributed by atoms with E-state index in [1.54, 1.807) is 24.5 Å². The van der Waals surface area contributed by atoms with E-state index in [4.69, 9.17) is 0 Å². The van der Waals surface area contributed by atoms with Crippen molar-refractivity contribution in [2.24, 2.45) is 5.92 Å². The Morgan fingerprint density at radius 3 is 2.50 bits per heavy atom. The molecule has 7 nitrogen and oxygen atoms in total. The molecule has 1 atom stereocenters. The second-order valence-corrected chi connectivity index (χ2v) is 11.0. The van der Waals surface area contributed by atoms with Gasteiger partial charge in [-0.15, -0.1) is 0 Å². The van der Waals surface area contributed by atoms with Gasteiger partial charge < -0.3 is 10.0 Å². The Kier molecular flexibility index (Phi) is 7.19. The Morgan fingerprint density at radius 2 is 1.85 bits per heavy atom. The maximum Gasteiger partial charge on any atom is 0.264 e. The Morgan fingerprint density at radius 1 is 1.09 bits per heavy atom. The maximum atomic E-state index is 13.8. The lowest BCUT2D eigenvalue weighted by atomic mass is 9.98. The van der Waals surface area contributed by atoms with Gasteiger partial charge in [-0.05, 0) is 66.3 Å². The van der Waals surface area contributed by atoms with Crippen molar-refractivity contribution >= 4 is 21.4 Å². The number of benzene rings is 2. The number of aliphatic hydroxyl groups is 1. The summed E-state index contributed by atoms with van der Waals surface area (Å²) in [6.07, 6.45) is 4.09. The van der Waals surface area contributed by atoms with Crippen LogP contribution >= 0.6 is 0 Å². The number of aryl methyl sites for hydroxylation is 1. The molecule has 1 aliphatic rings. The zero-order valence-corrected chi connectivity index (χ0v) is 20.7. The normalized spacial score (nSPS) is 15.9. The average Bonchev–Trinajstić information content (AvgIpc) is 2.84. The summed E-state index contributed by atoms with van der Waals surface area (Å²) >= 11 is 0. The van der Waals surface area contributed by atoms with E-state index in [2.05, 4.69) is 22.0 Å². The van der Waals surface area contributed by atoms with E-state index in [9.17, 15) is 13.5 Å². The van der Waals surface area contributed by atoms with Gasteiger partial charge in [0.15, 0.2) is 0 Å². The quantitative estimate of drug-likeness (QED) is 0.516. The molecule has 2 aromatic carbocycles. The van der Waals surface area contributed by atoms with Crippen LogP contribution < -0.4 is 9.21 Å². The molecule has 0 radical (unpaired) electrons. The first-order valence-electron chi connectivity index (χ1n) is 11.7. The number of hydrogen-bond acceptors (Lipinski definition) is 6. The summed E-state index contributed by atoms with van der Waals surface area (Å²) in [6.45, 7) is 7.74. The fraction of sp³-hybridized carbons (Fsp3) is 0.385. The molecule has 180 valence electrons. The predicted octanol–water partition coefficient (Wildman–Crippen LogP) is 4.33. The van der Waals surface area contributed by atoms with Crippen molar-refractivity contribution in [2.75, 3.05) is 22.3 Å². The molecule has 0 spiro atoms. The van der Waals surface area contributed by atoms with E-state index in [1.165, 1.54) is 4.31 Å². The summed E-state index contributed by atoms with van der Waals surface area (Å²) in [5, 5.41) is 18.5. The lowest BCUT2D eigenvalue weighted by Gasteiger charge is -2.34. The Hall–Kier alpha value is -2.97. The molecule has 1 N–H and O–H groups in total. The summed E-state index contributed by atoms with van der Waals surface area (Å²) in [6, 6.07) is 14.7. The lowest BCUT2D eigenvalue weighted by Crippen LogP contribution is -2.35. The van der Waals surface area contributed by atoms with Gasteiger partial charge in [0.05, 0.1) is 22.9 Å². The predicted molar refractivity (Wildman–Crippen MR) is 134 cm³/mol. The number of aliphatic hydroxyl groups excluding tert-OH is 1. The van der Waals surface area contributed by atoms with Gasteiger partial charge in [0.1, 0.15) is 0 Å². The molecule has 8 heteroatoms. The first-order chi connectivity index (χ1) is 16.3. The minimum absolute atomic E-state index is 0.147. The van der Waals surface area contributed by atoms with Crippen molar-refractivity contribution in [1.29, 1.82) is 0 Å². The molecule has 3 aromatic rings. The Balaban J connectivity index is 1.70. The molecule has 1 unspecified atom stereocenters. The van der Waals surface area contributed by atoms with E-state index in [0.717, 1.165) is 23.2 Å². The van der Waals surface area contributed by atoms with Crippen LogP contribution in [0.4, 0.5) is 11.4 Å². The number of hydrogen-bond donors (Lipinski definition) is 1. The first-order valence-corrected chi connectivity index (χ1v) is 13.2. The van der Waals surface area contributed by atoms with E-state index in [1.807, 2.05) is 50.2 Å². The van der Waals surface area contributed by atoms with Crippen molar-refractivity contribution in [1.82, 2.24) is 10.2 Å². The number of fused-ring (bicyclic) bond motifs is 1. The van der Waals surface area contributed by atoms with Crippen LogP contribution in [0.25, 0.3) is 0 Å². The minimum atomic E-state index is -3.82. The highest BCUT2D eigenvalue weighted by atomic mass is 32.2. The van der Waals surface area contributed by atoms with Gasteiger partial charge in [0, 0.05) is 37.1 Å². The van der Waals surface area contributed by atoms with Crippen LogP contribution in [-0.2, 0) is 23.0 Å². The minimum Gasteiger partial charge on any atom is -0.388 e. The van der Waals surface area contributed by atoms with Gasteiger partial charge in [-0.3, -0.25) is 4.31 Å². The first kappa shape index (κ1) is 24.2. The number of aromatic nitrogens is 2. The van der Waals surface area contributed by atoms with Crippen molar-refractivity contribution in [3.63, 3.8) is 0 Å². The fourth-order valence-electron chi connectivity index (χ4n) is 4.30. The van der Waals surface area contributed by atoms with Gasteiger partial charge in [-0.25, -0.2) is 8.42 Å². The molecule has 1 aromatic heterocycles. The van der Waals surface area contributed by atoms with Gasteiger partial charge in [-0.1, -0.05) is 32.9 Å². The van der Waals surface area contributed by atoms with Crippen LogP contribution in [0.5, 0.6) is 0 Å². The fourth-order valence-corrected chi connectivity index (χ4v) is 5.96. The zero-order chi connectivity index (χ0) is 24.3. The third-order valence-corrected chi connectivity index (χ3v) is 7.93. The van der Waals surface area contributed by atoms with Gasteiger partial charge >= 0.3 is 0 Å². The highest BCUT2D eigenvalue weighted by Gasteiger charge is 2.30. The van der Waals surface area contributed by atoms with E-state index >= 15 is 0 Å². The van der Waals surface area contributed by atoms with Crippen LogP contribution in [0.2, 0.25) is 0 Å². The number of nitrogens with zero attached hydrogens (tertiary/aromatic N) is 4. The highest BCUT2D eigenvalue weighted by molar-refractivity contribution is 7.92. The van der Waals surface area contributed by atoms with Crippen molar-refractivity contribution in [3.8, 4) is 0 Å². The van der Waals surface area contributed by atoms with Gasteiger partial charge in [0.25, 0.3) is 10.0 Å². The van der Waals surface area contributed by atoms with Crippen molar-refractivity contribution in [2.45, 2.75) is 51.2 Å². The molecule has 1 aliphatic heterocycles. The molecule has 0 saturated heterocycles. The largest absolute Gasteiger partial charge is 0.388 e. The molecule has 0 amide bonds. The van der Waals surface area contributed by atoms with E-state index < -0.39 is 16.1 Å². The smallest absolute Gasteiger partial charge is 0.264 e. The molecule has 0 bridgehead atoms. The van der Waals surface area contributed by atoms with Crippen LogP contribution in [0.3, 0.4) is 0 Å². The van der Waals surface area contributed by atoms with E-state index in [-0.39, 0.29) is 10.8 Å². The van der Waals surface area contributed by atoms with Crippen LogP contribution in [0.15, 0.2) is 65.8 Å². The monoisotopic (exact) mass is 480 g/mol. The second kappa shape index (κ2) is 10.1. The summed E-state index contributed by atoms with van der Waals surface area (Å²) in [5.41, 5.74) is 4.30. The second-order valence-electron chi connectivity index (χ2n) is 9.15. The lowest BCUT2D eigenvalue weighted by molar-refractivity contribution is 0.163. The molecule has 34 heavy (non-hydrogen) atoms. The maximum absolute atomic E-state index is 13.8. The number of anilines is 2. The Bertz CT molecular complexity index is 1210. The van der Waals surface area contributed by atoms with Gasteiger partial charge in [0.2, 0.25) is 0 Å². The molecule has 0 fully saturated rings. The summed E-state index contributed by atoms with van der Waals surface area (Å²) in [7, 11) is -3.82. The molecule has 2 heterocycles. The van der Waals surface area contributed by atoms with Gasteiger partial charge in [-0.2, -0.15) is 10.2 Å². The molecular formula is C26H32N4O3S. The third kappa shape index (κ3) is 5.08. The SMILES string of the molecule is CCc1ccc(N(CC(C)C)S(=O)(=O)c2ccc3c(c2)C(O)CCN3Cc2ccnnc2)cc1. The Labute approximate surface area is 202 Å². The topological polar surface area (TPSA) is 86.6 Å². The zero-order valence-electron chi connectivity index (χ0n) is 19.9. The highest BCUT2D eigenvalue weighted by Crippen LogP contribution is 2.37. The number of rotatable bonds is 8. The summed E-state index contributed by atoms with van der Waals surface area (Å²) < 4.78 is 29.1. The third-order valence-electron chi connectivity index (χ3n) is 6.14. The summed E-state index contributed by atoms with van der Waals surface area (Å²) in [5.74, 6) is 0.147. The standard InChI is InChI=1S/C26H32N4O3S/c1-4-20-5-7-22(8-6-20)30(17-19(2)3)34(32,33)23-9-10-25-24(15-23)26(31)12-14-29(25)18-21-11-13-27-28-16-21/h5-11,13,15-16,19,26,31H,4,12,14,17-18H2,1-3H3. The average molecular weight is 481 g/mol. The van der Waals surface area contributed by atoms with E-state index in [0.29, 0.717) is 37.3 Å². The molecule has 4 rings (SSSR count). The summed E-state index contributed by atoms with van der Waals surface area (Å²) in [4.78, 5) is 2.34. The van der Waals surface area contributed by atoms with Crippen molar-refractivity contribution < 1.29 is 13.5 Å². The van der Waals surface area contributed by atoms with Crippen molar-refractivity contribution in [3.05, 3.63) is 77.6 Å². The van der Waals surface area contributed by atoms with Crippen LogP contribution in [0, 0.1) is 5.92 Å².